The predicted molar refractivity (Wildman–Crippen MR) is 126 cm³/mol. The molecule has 0 atom stereocenters. The van der Waals surface area contributed by atoms with Crippen molar-refractivity contribution in [2.24, 2.45) is 0 Å². The normalized spacial score (nSPS) is 14.9. The lowest BCUT2D eigenvalue weighted by Crippen LogP contribution is -2.32. The molecule has 1 fully saturated rings. The van der Waals surface area contributed by atoms with Gasteiger partial charge in [0.2, 0.25) is 10.0 Å². The molecule has 0 aromatic heterocycles. The number of hydrogen-bond donors (Lipinski definition) is 1. The van der Waals surface area contributed by atoms with Gasteiger partial charge in [-0.15, -0.1) is 0 Å². The quantitative estimate of drug-likeness (QED) is 0.597. The molecule has 3 rings (SSSR count). The van der Waals surface area contributed by atoms with Gasteiger partial charge in [0, 0.05) is 31.3 Å². The average molecular weight is 477 g/mol. The molecule has 0 spiro atoms. The highest BCUT2D eigenvalue weighted by Gasteiger charge is 2.29. The first-order valence-corrected chi connectivity index (χ1v) is 12.5. The van der Waals surface area contributed by atoms with E-state index in [1.54, 1.807) is 26.4 Å². The Morgan fingerprint density at radius 1 is 0.909 bits per heavy atom. The summed E-state index contributed by atoms with van der Waals surface area (Å²) < 4.78 is 44.0. The van der Waals surface area contributed by atoms with E-state index in [1.165, 1.54) is 23.5 Å². The molecule has 33 heavy (non-hydrogen) atoms. The Hall–Kier alpha value is -2.78. The Kier molecular flexibility index (Phi) is 8.57. The molecule has 1 aliphatic rings. The molecule has 0 saturated carbocycles. The van der Waals surface area contributed by atoms with Crippen LogP contribution in [0, 0.1) is 0 Å². The van der Waals surface area contributed by atoms with Crippen molar-refractivity contribution in [1.82, 2.24) is 9.62 Å². The summed E-state index contributed by atoms with van der Waals surface area (Å²) in [5.41, 5.74) is 1.20. The van der Waals surface area contributed by atoms with E-state index in [9.17, 15) is 13.2 Å². The minimum atomic E-state index is -3.76. The number of rotatable bonds is 9. The van der Waals surface area contributed by atoms with Gasteiger partial charge in [0.05, 0.1) is 21.3 Å². The van der Waals surface area contributed by atoms with E-state index in [2.05, 4.69) is 5.32 Å². The van der Waals surface area contributed by atoms with Crippen LogP contribution in [0.2, 0.25) is 0 Å². The van der Waals surface area contributed by atoms with Gasteiger partial charge in [-0.1, -0.05) is 18.9 Å². The predicted octanol–water partition coefficient (Wildman–Crippen LogP) is 3.25. The zero-order valence-corrected chi connectivity index (χ0v) is 20.2. The Labute approximate surface area is 195 Å². The fraction of sp³-hybridized carbons (Fsp3) is 0.458. The van der Waals surface area contributed by atoms with Gasteiger partial charge in [0.25, 0.3) is 5.91 Å². The van der Waals surface area contributed by atoms with Gasteiger partial charge < -0.3 is 19.5 Å². The molecule has 0 radical (unpaired) electrons. The zero-order chi connectivity index (χ0) is 23.8. The molecule has 1 saturated heterocycles. The van der Waals surface area contributed by atoms with Gasteiger partial charge in [-0.05, 0) is 49.1 Å². The standard InChI is InChI=1S/C24H32N2O6S/c1-30-20-10-8-18(22(17-20)32-3)12-13-25-24(27)19-9-11-21(31-2)23(16-19)33(28,29)26-14-6-4-5-7-15-26/h8-11,16-17H,4-7,12-15H2,1-3H3,(H,25,27). The van der Waals surface area contributed by atoms with Crippen LogP contribution in [0.5, 0.6) is 17.2 Å². The van der Waals surface area contributed by atoms with Crippen LogP contribution in [0.15, 0.2) is 41.3 Å². The molecule has 0 bridgehead atoms. The number of benzene rings is 2. The summed E-state index contributed by atoms with van der Waals surface area (Å²) in [5.74, 6) is 1.26. The third-order valence-electron chi connectivity index (χ3n) is 5.78. The van der Waals surface area contributed by atoms with Crippen LogP contribution in [0.25, 0.3) is 0 Å². The first kappa shape index (κ1) is 24.9. The van der Waals surface area contributed by atoms with Crippen molar-refractivity contribution >= 4 is 15.9 Å². The van der Waals surface area contributed by atoms with E-state index in [4.69, 9.17) is 14.2 Å². The van der Waals surface area contributed by atoms with Crippen LogP contribution in [0.1, 0.15) is 41.6 Å². The van der Waals surface area contributed by atoms with Crippen LogP contribution in [0.4, 0.5) is 0 Å². The van der Waals surface area contributed by atoms with Crippen LogP contribution in [0.3, 0.4) is 0 Å². The molecule has 1 aliphatic heterocycles. The molecule has 8 nitrogen and oxygen atoms in total. The van der Waals surface area contributed by atoms with Crippen molar-refractivity contribution in [3.8, 4) is 17.2 Å². The fourth-order valence-electron chi connectivity index (χ4n) is 3.91. The molecule has 2 aromatic carbocycles. The number of carbonyl (C=O) groups excluding carboxylic acids is 1. The van der Waals surface area contributed by atoms with Gasteiger partial charge >= 0.3 is 0 Å². The molecule has 1 N–H and O–H groups in total. The molecule has 0 unspecified atom stereocenters. The van der Waals surface area contributed by atoms with Gasteiger partial charge in [-0.25, -0.2) is 8.42 Å². The number of carbonyl (C=O) groups is 1. The largest absolute Gasteiger partial charge is 0.497 e. The molecular weight excluding hydrogens is 444 g/mol. The Bertz CT molecular complexity index is 1060. The molecule has 0 aliphatic carbocycles. The monoisotopic (exact) mass is 476 g/mol. The molecular formula is C24H32N2O6S. The highest BCUT2D eigenvalue weighted by Crippen LogP contribution is 2.29. The molecule has 9 heteroatoms. The summed E-state index contributed by atoms with van der Waals surface area (Å²) in [5, 5.41) is 2.86. The fourth-order valence-corrected chi connectivity index (χ4v) is 5.61. The van der Waals surface area contributed by atoms with Crippen molar-refractivity contribution < 1.29 is 27.4 Å². The molecule has 180 valence electrons. The maximum absolute atomic E-state index is 13.3. The number of sulfonamides is 1. The van der Waals surface area contributed by atoms with Crippen molar-refractivity contribution in [3.63, 3.8) is 0 Å². The second kappa shape index (κ2) is 11.4. The third-order valence-corrected chi connectivity index (χ3v) is 7.70. The number of nitrogens with one attached hydrogen (secondary N) is 1. The van der Waals surface area contributed by atoms with Crippen molar-refractivity contribution in [3.05, 3.63) is 47.5 Å². The summed E-state index contributed by atoms with van der Waals surface area (Å²) in [6, 6.07) is 10.0. The Balaban J connectivity index is 1.74. The van der Waals surface area contributed by atoms with Gasteiger partial charge in [0.15, 0.2) is 0 Å². The Morgan fingerprint density at radius 3 is 2.24 bits per heavy atom. The summed E-state index contributed by atoms with van der Waals surface area (Å²) in [4.78, 5) is 12.8. The summed E-state index contributed by atoms with van der Waals surface area (Å²) in [6.45, 7) is 1.32. The minimum Gasteiger partial charge on any atom is -0.497 e. The van der Waals surface area contributed by atoms with Gasteiger partial charge in [-0.3, -0.25) is 4.79 Å². The molecule has 1 heterocycles. The van der Waals surface area contributed by atoms with Crippen LogP contribution >= 0.6 is 0 Å². The number of nitrogens with zero attached hydrogens (tertiary/aromatic N) is 1. The van der Waals surface area contributed by atoms with Crippen LogP contribution in [-0.2, 0) is 16.4 Å². The van der Waals surface area contributed by atoms with Gasteiger partial charge in [-0.2, -0.15) is 4.31 Å². The van der Waals surface area contributed by atoms with Crippen LogP contribution in [-0.4, -0.2) is 59.6 Å². The van der Waals surface area contributed by atoms with E-state index in [1.807, 2.05) is 12.1 Å². The van der Waals surface area contributed by atoms with E-state index < -0.39 is 10.0 Å². The second-order valence-electron chi connectivity index (χ2n) is 7.87. The maximum Gasteiger partial charge on any atom is 0.251 e. The number of amides is 1. The number of methoxy groups -OCH3 is 3. The van der Waals surface area contributed by atoms with E-state index in [0.29, 0.717) is 37.6 Å². The summed E-state index contributed by atoms with van der Waals surface area (Å²) in [7, 11) is 0.838. The topological polar surface area (TPSA) is 94.2 Å². The summed E-state index contributed by atoms with van der Waals surface area (Å²) in [6.07, 6.45) is 4.25. The first-order chi connectivity index (χ1) is 15.9. The van der Waals surface area contributed by atoms with E-state index >= 15 is 0 Å². The first-order valence-electron chi connectivity index (χ1n) is 11.1. The van der Waals surface area contributed by atoms with Gasteiger partial charge in [0.1, 0.15) is 22.1 Å². The zero-order valence-electron chi connectivity index (χ0n) is 19.4. The SMILES string of the molecule is COc1ccc(CCNC(=O)c2ccc(OC)c(S(=O)(=O)N3CCCCCC3)c2)c(OC)c1. The van der Waals surface area contributed by atoms with E-state index in [0.717, 1.165) is 31.2 Å². The van der Waals surface area contributed by atoms with E-state index in [-0.39, 0.29) is 22.1 Å². The number of ether oxygens (including phenoxy) is 3. The van der Waals surface area contributed by atoms with Crippen LogP contribution < -0.4 is 19.5 Å². The lowest BCUT2D eigenvalue weighted by atomic mass is 10.1. The lowest BCUT2D eigenvalue weighted by Gasteiger charge is -2.21. The maximum atomic E-state index is 13.3. The van der Waals surface area contributed by atoms with Crippen molar-refractivity contribution in [1.29, 1.82) is 0 Å². The highest BCUT2D eigenvalue weighted by molar-refractivity contribution is 7.89. The summed E-state index contributed by atoms with van der Waals surface area (Å²) >= 11 is 0. The number of hydrogen-bond acceptors (Lipinski definition) is 6. The minimum absolute atomic E-state index is 0.0244. The average Bonchev–Trinajstić information content (AvgIpc) is 3.14. The van der Waals surface area contributed by atoms with Crippen molar-refractivity contribution in [2.45, 2.75) is 37.0 Å². The lowest BCUT2D eigenvalue weighted by molar-refractivity contribution is 0.0953. The molecule has 1 amide bonds. The Morgan fingerprint density at radius 2 is 1.61 bits per heavy atom. The second-order valence-corrected chi connectivity index (χ2v) is 9.77. The highest BCUT2D eigenvalue weighted by atomic mass is 32.2. The smallest absolute Gasteiger partial charge is 0.251 e. The molecule has 2 aromatic rings. The third kappa shape index (κ3) is 5.97. The van der Waals surface area contributed by atoms with Crippen molar-refractivity contribution in [2.75, 3.05) is 41.0 Å².